The summed E-state index contributed by atoms with van der Waals surface area (Å²) in [4.78, 5) is 24.6. The third-order valence-corrected chi connectivity index (χ3v) is 6.43. The minimum Gasteiger partial charge on any atom is -0.506 e. The molecule has 2 N–H and O–H groups in total. The summed E-state index contributed by atoms with van der Waals surface area (Å²) < 4.78 is 4.65. The highest BCUT2D eigenvalue weighted by Gasteiger charge is 2.18. The molecule has 1 amide bonds. The number of ether oxygens (including phenoxy) is 1. The minimum atomic E-state index is -0.465. The van der Waals surface area contributed by atoms with Gasteiger partial charge in [-0.25, -0.2) is 10.2 Å². The number of thiophene rings is 1. The number of benzene rings is 2. The van der Waals surface area contributed by atoms with Gasteiger partial charge in [-0.2, -0.15) is 5.10 Å². The molecule has 0 radical (unpaired) electrons. The Morgan fingerprint density at radius 2 is 1.77 bits per heavy atom. The Morgan fingerprint density at radius 3 is 2.52 bits per heavy atom. The lowest BCUT2D eigenvalue weighted by molar-refractivity contribution is 0.0600. The first kappa shape index (κ1) is 20.8. The maximum absolute atomic E-state index is 12.4. The average molecular weight is 435 g/mol. The van der Waals surface area contributed by atoms with E-state index in [9.17, 15) is 14.7 Å². The van der Waals surface area contributed by atoms with Gasteiger partial charge in [-0.1, -0.05) is 12.1 Å². The molecule has 1 aliphatic carbocycles. The Balaban J connectivity index is 1.49. The SMILES string of the molecule is COC(=O)c1ccc(C(=O)N/N=C(\C)c2csc(-c3ccc4c(c3)CCC4)c2O)cc1. The number of amides is 1. The van der Waals surface area contributed by atoms with Gasteiger partial charge in [0.1, 0.15) is 5.75 Å². The van der Waals surface area contributed by atoms with E-state index in [0.717, 1.165) is 23.3 Å². The fourth-order valence-corrected chi connectivity index (χ4v) is 4.66. The topological polar surface area (TPSA) is 88.0 Å². The van der Waals surface area contributed by atoms with Crippen molar-refractivity contribution < 1.29 is 19.4 Å². The second-order valence-corrected chi connectivity index (χ2v) is 8.25. The molecule has 1 heterocycles. The molecule has 0 bridgehead atoms. The van der Waals surface area contributed by atoms with Gasteiger partial charge in [0.15, 0.2) is 0 Å². The Morgan fingerprint density at radius 1 is 1.06 bits per heavy atom. The van der Waals surface area contributed by atoms with Crippen molar-refractivity contribution in [2.45, 2.75) is 26.2 Å². The molecule has 6 nitrogen and oxygen atoms in total. The number of hydrogen-bond donors (Lipinski definition) is 2. The van der Waals surface area contributed by atoms with Crippen LogP contribution in [0.5, 0.6) is 5.75 Å². The van der Waals surface area contributed by atoms with Crippen molar-refractivity contribution in [2.75, 3.05) is 7.11 Å². The van der Waals surface area contributed by atoms with Crippen molar-refractivity contribution in [3.8, 4) is 16.2 Å². The van der Waals surface area contributed by atoms with Crippen molar-refractivity contribution in [2.24, 2.45) is 5.10 Å². The molecule has 0 saturated carbocycles. The minimum absolute atomic E-state index is 0.167. The summed E-state index contributed by atoms with van der Waals surface area (Å²) in [7, 11) is 1.30. The summed E-state index contributed by atoms with van der Waals surface area (Å²) in [5, 5.41) is 16.7. The van der Waals surface area contributed by atoms with Crippen molar-refractivity contribution in [3.63, 3.8) is 0 Å². The van der Waals surface area contributed by atoms with Crippen molar-refractivity contribution >= 4 is 28.9 Å². The molecule has 0 spiro atoms. The number of carbonyl (C=O) groups excluding carboxylic acids is 2. The van der Waals surface area contributed by atoms with E-state index in [1.165, 1.54) is 60.3 Å². The van der Waals surface area contributed by atoms with Gasteiger partial charge in [-0.3, -0.25) is 4.79 Å². The molecule has 0 atom stereocenters. The molecule has 0 unspecified atom stereocenters. The Kier molecular flexibility index (Phi) is 5.86. The van der Waals surface area contributed by atoms with Crippen LogP contribution >= 0.6 is 11.3 Å². The normalized spacial score (nSPS) is 13.0. The molecule has 0 saturated heterocycles. The second-order valence-electron chi connectivity index (χ2n) is 7.37. The molecule has 0 aliphatic heterocycles. The summed E-state index contributed by atoms with van der Waals surface area (Å²) in [6.45, 7) is 1.73. The number of nitrogens with one attached hydrogen (secondary N) is 1. The van der Waals surface area contributed by atoms with Gasteiger partial charge >= 0.3 is 5.97 Å². The summed E-state index contributed by atoms with van der Waals surface area (Å²) in [6.07, 6.45) is 3.38. The third kappa shape index (κ3) is 4.22. The van der Waals surface area contributed by atoms with Crippen LogP contribution in [0.4, 0.5) is 0 Å². The van der Waals surface area contributed by atoms with Gasteiger partial charge in [0, 0.05) is 10.9 Å². The third-order valence-electron chi connectivity index (χ3n) is 5.41. The van der Waals surface area contributed by atoms with Crippen molar-refractivity contribution in [3.05, 3.63) is 75.7 Å². The summed E-state index contributed by atoms with van der Waals surface area (Å²) in [5.41, 5.74) is 8.04. The molecule has 1 aliphatic rings. The highest BCUT2D eigenvalue weighted by atomic mass is 32.1. The van der Waals surface area contributed by atoms with Gasteiger partial charge in [0.25, 0.3) is 5.91 Å². The van der Waals surface area contributed by atoms with E-state index in [1.807, 2.05) is 11.4 Å². The molecular weight excluding hydrogens is 412 g/mol. The van der Waals surface area contributed by atoms with E-state index < -0.39 is 11.9 Å². The summed E-state index contributed by atoms with van der Waals surface area (Å²) in [5.74, 6) is -0.710. The second kappa shape index (κ2) is 8.73. The first-order valence-corrected chi connectivity index (χ1v) is 10.8. The van der Waals surface area contributed by atoms with Crippen LogP contribution in [0.3, 0.4) is 0 Å². The van der Waals surface area contributed by atoms with E-state index >= 15 is 0 Å². The number of fused-ring (bicyclic) bond motifs is 1. The maximum atomic E-state index is 12.4. The van der Waals surface area contributed by atoms with E-state index in [4.69, 9.17) is 0 Å². The number of methoxy groups -OCH3 is 1. The zero-order valence-corrected chi connectivity index (χ0v) is 18.1. The lowest BCUT2D eigenvalue weighted by atomic mass is 10.0. The number of aryl methyl sites for hydroxylation is 2. The number of carbonyl (C=O) groups is 2. The smallest absolute Gasteiger partial charge is 0.337 e. The lowest BCUT2D eigenvalue weighted by Crippen LogP contribution is -2.19. The van der Waals surface area contributed by atoms with Crippen LogP contribution in [0.1, 0.15) is 50.8 Å². The number of rotatable bonds is 5. The van der Waals surface area contributed by atoms with E-state index in [1.54, 1.807) is 6.92 Å². The van der Waals surface area contributed by atoms with E-state index in [0.29, 0.717) is 22.4 Å². The number of hydrogen-bond acceptors (Lipinski definition) is 6. The first-order valence-electron chi connectivity index (χ1n) is 9.94. The fourth-order valence-electron chi connectivity index (χ4n) is 3.66. The monoisotopic (exact) mass is 434 g/mol. The van der Waals surface area contributed by atoms with Crippen LogP contribution < -0.4 is 5.43 Å². The standard InChI is InChI=1S/C24H22N2O4S/c1-14(25-26-23(28)16-7-9-17(10-8-16)24(29)30-2)20-13-31-22(21(20)27)19-11-6-15-4-3-5-18(15)12-19/h6-13,27H,3-5H2,1-2H3,(H,26,28)/b25-14+. The molecule has 7 heteroatoms. The quantitative estimate of drug-likeness (QED) is 0.350. The molecular formula is C24H22N2O4S. The number of nitrogens with zero attached hydrogens (tertiary/aromatic N) is 1. The maximum Gasteiger partial charge on any atom is 0.337 e. The summed E-state index contributed by atoms with van der Waals surface area (Å²) in [6, 6.07) is 12.4. The van der Waals surface area contributed by atoms with Crippen molar-refractivity contribution in [1.29, 1.82) is 0 Å². The van der Waals surface area contributed by atoms with Gasteiger partial charge in [0.05, 0.1) is 28.8 Å². The molecule has 158 valence electrons. The molecule has 31 heavy (non-hydrogen) atoms. The Bertz CT molecular complexity index is 1180. The molecule has 1 aromatic heterocycles. The first-order chi connectivity index (χ1) is 15.0. The van der Waals surface area contributed by atoms with Gasteiger partial charge in [-0.05, 0) is 73.2 Å². The molecule has 3 aromatic rings. The number of hydrazone groups is 1. The van der Waals surface area contributed by atoms with Crippen LogP contribution in [0, 0.1) is 0 Å². The van der Waals surface area contributed by atoms with E-state index in [2.05, 4.69) is 27.4 Å². The van der Waals surface area contributed by atoms with Crippen molar-refractivity contribution in [1.82, 2.24) is 5.43 Å². The van der Waals surface area contributed by atoms with Gasteiger partial charge in [-0.15, -0.1) is 11.3 Å². The van der Waals surface area contributed by atoms with E-state index in [-0.39, 0.29) is 5.75 Å². The zero-order valence-electron chi connectivity index (χ0n) is 17.3. The molecule has 2 aromatic carbocycles. The Labute approximate surface area is 184 Å². The lowest BCUT2D eigenvalue weighted by Gasteiger charge is -2.05. The van der Waals surface area contributed by atoms with Crippen LogP contribution in [-0.2, 0) is 17.6 Å². The average Bonchev–Trinajstić information content (AvgIpc) is 3.42. The largest absolute Gasteiger partial charge is 0.506 e. The fraction of sp³-hybridized carbons (Fsp3) is 0.208. The van der Waals surface area contributed by atoms with Crippen LogP contribution in [0.25, 0.3) is 10.4 Å². The predicted octanol–water partition coefficient (Wildman–Crippen LogP) is 4.55. The number of esters is 1. The molecule has 0 fully saturated rings. The van der Waals surface area contributed by atoms with Gasteiger partial charge in [0.2, 0.25) is 0 Å². The highest BCUT2D eigenvalue weighted by Crippen LogP contribution is 2.40. The van der Waals surface area contributed by atoms with Gasteiger partial charge < -0.3 is 9.84 Å². The van der Waals surface area contributed by atoms with Crippen LogP contribution in [0.15, 0.2) is 52.9 Å². The summed E-state index contributed by atoms with van der Waals surface area (Å²) >= 11 is 1.45. The molecule has 4 rings (SSSR count). The predicted molar refractivity (Wildman–Crippen MR) is 121 cm³/mol. The Hall–Kier alpha value is -3.45. The highest BCUT2D eigenvalue weighted by molar-refractivity contribution is 7.14. The van der Waals surface area contributed by atoms with Crippen LogP contribution in [-0.4, -0.2) is 29.8 Å². The number of aromatic hydroxyl groups is 1. The zero-order chi connectivity index (χ0) is 22.0. The van der Waals surface area contributed by atoms with Crippen LogP contribution in [0.2, 0.25) is 0 Å².